The zero-order valence-corrected chi connectivity index (χ0v) is 13.8. The monoisotopic (exact) mass is 315 g/mol. The molecule has 5 nitrogen and oxygen atoms in total. The van der Waals surface area contributed by atoms with E-state index in [0.29, 0.717) is 32.0 Å². The van der Waals surface area contributed by atoms with Crippen LogP contribution in [0.3, 0.4) is 0 Å². The van der Waals surface area contributed by atoms with Gasteiger partial charge in [0.1, 0.15) is 5.54 Å². The van der Waals surface area contributed by atoms with Crippen LogP contribution in [0.15, 0.2) is 30.5 Å². The van der Waals surface area contributed by atoms with E-state index in [0.717, 1.165) is 17.6 Å². The maximum absolute atomic E-state index is 12.5. The fraction of sp³-hybridized carbons (Fsp3) is 0.500. The van der Waals surface area contributed by atoms with E-state index in [9.17, 15) is 4.79 Å². The molecule has 23 heavy (non-hydrogen) atoms. The van der Waals surface area contributed by atoms with Crippen LogP contribution in [-0.2, 0) is 16.1 Å². The number of nitrogens with zero attached hydrogens (tertiary/aromatic N) is 1. The molecular weight excluding hydrogens is 290 g/mol. The molecule has 0 radical (unpaired) electrons. The lowest BCUT2D eigenvalue weighted by Gasteiger charge is -2.31. The average molecular weight is 315 g/mol. The number of hydrogen-bond donors (Lipinski definition) is 2. The Morgan fingerprint density at radius 2 is 2.09 bits per heavy atom. The Bertz CT molecular complexity index is 699. The third-order valence-corrected chi connectivity index (χ3v) is 4.43. The van der Waals surface area contributed by atoms with Gasteiger partial charge in [-0.05, 0) is 43.0 Å². The molecule has 1 fully saturated rings. The fourth-order valence-electron chi connectivity index (χ4n) is 3.05. The molecule has 2 aromatic rings. The molecule has 1 aromatic heterocycles. The summed E-state index contributed by atoms with van der Waals surface area (Å²) in [7, 11) is 0. The molecule has 0 bridgehead atoms. The molecule has 3 N–H and O–H groups in total. The van der Waals surface area contributed by atoms with Gasteiger partial charge in [-0.25, -0.2) is 0 Å². The molecule has 0 saturated carbocycles. The molecule has 2 heterocycles. The summed E-state index contributed by atoms with van der Waals surface area (Å²) < 4.78 is 7.54. The minimum absolute atomic E-state index is 0.123. The molecule has 1 saturated heterocycles. The standard InChI is InChI=1S/C18H25N3O2/c1-13(2)12-21-8-5-14-11-15(3-4-16(14)21)20-17(22)18(19)6-9-23-10-7-18/h3-5,8,11,13H,6-7,9-10,12,19H2,1-2H3,(H,20,22). The number of rotatable bonds is 4. The SMILES string of the molecule is CC(C)Cn1ccc2cc(NC(=O)C3(N)CCOCC3)ccc21. The van der Waals surface area contributed by atoms with E-state index >= 15 is 0 Å². The topological polar surface area (TPSA) is 69.3 Å². The first-order valence-electron chi connectivity index (χ1n) is 8.25. The molecule has 1 aromatic carbocycles. The Kier molecular flexibility index (Phi) is 4.41. The second-order valence-electron chi connectivity index (χ2n) is 6.86. The molecule has 1 amide bonds. The predicted octanol–water partition coefficient (Wildman–Crippen LogP) is 2.74. The molecule has 124 valence electrons. The number of anilines is 1. The first-order chi connectivity index (χ1) is 11.0. The zero-order chi connectivity index (χ0) is 16.4. The van der Waals surface area contributed by atoms with Crippen LogP contribution in [0.25, 0.3) is 10.9 Å². The van der Waals surface area contributed by atoms with Crippen LogP contribution in [0.1, 0.15) is 26.7 Å². The molecule has 0 unspecified atom stereocenters. The summed E-state index contributed by atoms with van der Waals surface area (Å²) in [5, 5.41) is 4.09. The van der Waals surface area contributed by atoms with Gasteiger partial charge in [-0.15, -0.1) is 0 Å². The minimum Gasteiger partial charge on any atom is -0.381 e. The fourth-order valence-corrected chi connectivity index (χ4v) is 3.05. The Labute approximate surface area is 136 Å². The van der Waals surface area contributed by atoms with Crippen LogP contribution in [0.2, 0.25) is 0 Å². The number of carbonyl (C=O) groups is 1. The number of fused-ring (bicyclic) bond motifs is 1. The highest BCUT2D eigenvalue weighted by Crippen LogP contribution is 2.24. The zero-order valence-electron chi connectivity index (χ0n) is 13.8. The van der Waals surface area contributed by atoms with Crippen molar-refractivity contribution >= 4 is 22.5 Å². The second kappa shape index (κ2) is 6.34. The van der Waals surface area contributed by atoms with Crippen molar-refractivity contribution in [1.82, 2.24) is 4.57 Å². The van der Waals surface area contributed by atoms with Gasteiger partial charge in [-0.1, -0.05) is 13.8 Å². The summed E-state index contributed by atoms with van der Waals surface area (Å²) in [5.74, 6) is 0.470. The summed E-state index contributed by atoms with van der Waals surface area (Å²) in [5.41, 5.74) is 7.38. The van der Waals surface area contributed by atoms with Crippen molar-refractivity contribution in [1.29, 1.82) is 0 Å². The molecule has 0 aliphatic carbocycles. The predicted molar refractivity (Wildman–Crippen MR) is 92.4 cm³/mol. The third-order valence-electron chi connectivity index (χ3n) is 4.43. The van der Waals surface area contributed by atoms with Crippen molar-refractivity contribution in [3.05, 3.63) is 30.5 Å². The van der Waals surface area contributed by atoms with Crippen LogP contribution < -0.4 is 11.1 Å². The van der Waals surface area contributed by atoms with E-state index in [-0.39, 0.29) is 5.91 Å². The third kappa shape index (κ3) is 3.41. The number of carbonyl (C=O) groups excluding carboxylic acids is 1. The van der Waals surface area contributed by atoms with E-state index in [1.54, 1.807) is 0 Å². The number of nitrogens with two attached hydrogens (primary N) is 1. The van der Waals surface area contributed by atoms with E-state index in [1.165, 1.54) is 5.52 Å². The number of ether oxygens (including phenoxy) is 1. The molecule has 0 spiro atoms. The number of aromatic nitrogens is 1. The highest BCUT2D eigenvalue weighted by molar-refractivity contribution is 5.99. The molecule has 3 rings (SSSR count). The normalized spacial score (nSPS) is 17.6. The van der Waals surface area contributed by atoms with Crippen LogP contribution in [0, 0.1) is 5.92 Å². The van der Waals surface area contributed by atoms with Crippen molar-refractivity contribution in [3.8, 4) is 0 Å². The Hall–Kier alpha value is -1.85. The van der Waals surface area contributed by atoms with E-state index in [2.05, 4.69) is 42.1 Å². The largest absolute Gasteiger partial charge is 0.381 e. The van der Waals surface area contributed by atoms with Crippen molar-refractivity contribution in [2.24, 2.45) is 11.7 Å². The van der Waals surface area contributed by atoms with Crippen LogP contribution in [0.5, 0.6) is 0 Å². The van der Waals surface area contributed by atoms with E-state index in [4.69, 9.17) is 10.5 Å². The number of benzene rings is 1. The molecule has 1 aliphatic rings. The maximum atomic E-state index is 12.5. The first-order valence-corrected chi connectivity index (χ1v) is 8.25. The quantitative estimate of drug-likeness (QED) is 0.911. The summed E-state index contributed by atoms with van der Waals surface area (Å²) in [6.45, 7) is 6.48. The van der Waals surface area contributed by atoms with Crippen molar-refractivity contribution in [2.45, 2.75) is 38.8 Å². The molecule has 0 atom stereocenters. The number of amides is 1. The lowest BCUT2D eigenvalue weighted by molar-refractivity contribution is -0.124. The van der Waals surface area contributed by atoms with E-state index < -0.39 is 5.54 Å². The highest BCUT2D eigenvalue weighted by atomic mass is 16.5. The molecule has 5 heteroatoms. The summed E-state index contributed by atoms with van der Waals surface area (Å²) in [4.78, 5) is 12.5. The Balaban J connectivity index is 1.77. The van der Waals surface area contributed by atoms with Crippen LogP contribution >= 0.6 is 0 Å². The van der Waals surface area contributed by atoms with Gasteiger partial charge >= 0.3 is 0 Å². The van der Waals surface area contributed by atoms with Gasteiger partial charge in [0.2, 0.25) is 5.91 Å². The Morgan fingerprint density at radius 3 is 2.78 bits per heavy atom. The first kappa shape index (κ1) is 16.0. The summed E-state index contributed by atoms with van der Waals surface area (Å²) in [6.07, 6.45) is 3.22. The van der Waals surface area contributed by atoms with Crippen LogP contribution in [0.4, 0.5) is 5.69 Å². The van der Waals surface area contributed by atoms with Gasteiger partial charge < -0.3 is 20.4 Å². The Morgan fingerprint density at radius 1 is 1.35 bits per heavy atom. The summed E-state index contributed by atoms with van der Waals surface area (Å²) >= 11 is 0. The summed E-state index contributed by atoms with van der Waals surface area (Å²) in [6, 6.07) is 8.09. The number of nitrogens with one attached hydrogen (secondary N) is 1. The molecule has 1 aliphatic heterocycles. The van der Waals surface area contributed by atoms with Gasteiger partial charge in [0.05, 0.1) is 0 Å². The lowest BCUT2D eigenvalue weighted by Crippen LogP contribution is -2.54. The van der Waals surface area contributed by atoms with Gasteiger partial charge in [0, 0.05) is 42.5 Å². The van der Waals surface area contributed by atoms with Gasteiger partial charge in [-0.3, -0.25) is 4.79 Å². The lowest BCUT2D eigenvalue weighted by atomic mass is 9.90. The average Bonchev–Trinajstić information content (AvgIpc) is 2.89. The van der Waals surface area contributed by atoms with Crippen molar-refractivity contribution in [3.63, 3.8) is 0 Å². The second-order valence-corrected chi connectivity index (χ2v) is 6.86. The molecular formula is C18H25N3O2. The maximum Gasteiger partial charge on any atom is 0.244 e. The minimum atomic E-state index is -0.823. The highest BCUT2D eigenvalue weighted by Gasteiger charge is 2.35. The van der Waals surface area contributed by atoms with E-state index in [1.807, 2.05) is 12.1 Å². The van der Waals surface area contributed by atoms with Gasteiger partial charge in [0.25, 0.3) is 0 Å². The van der Waals surface area contributed by atoms with Crippen molar-refractivity contribution < 1.29 is 9.53 Å². The van der Waals surface area contributed by atoms with Gasteiger partial charge in [0.15, 0.2) is 0 Å². The van der Waals surface area contributed by atoms with Gasteiger partial charge in [-0.2, -0.15) is 0 Å². The smallest absolute Gasteiger partial charge is 0.244 e. The number of hydrogen-bond acceptors (Lipinski definition) is 3. The van der Waals surface area contributed by atoms with Crippen LogP contribution in [-0.4, -0.2) is 29.2 Å². The van der Waals surface area contributed by atoms with Crippen molar-refractivity contribution in [2.75, 3.05) is 18.5 Å².